The number of thiophene rings is 1. The van der Waals surface area contributed by atoms with Crippen LogP contribution in [0.15, 0.2) is 200 Å². The average molecular weight is 760 g/mol. The SMILES string of the molecule is c1ccc(-c2cc(-c3ccccc3)cc(-c3nc(-c4ccccc4)nc(-c4cccc5sc6c(-c7nc8ccccc8n7-c7ccccc7)cccc6c45)n3)c2)cc1. The number of benzene rings is 8. The lowest BCUT2D eigenvalue weighted by Crippen LogP contribution is -2.01. The van der Waals surface area contributed by atoms with E-state index in [9.17, 15) is 0 Å². The fraction of sp³-hybridized carbons (Fsp3) is 0. The van der Waals surface area contributed by atoms with Crippen LogP contribution in [0.3, 0.4) is 0 Å². The summed E-state index contributed by atoms with van der Waals surface area (Å²) in [6.45, 7) is 0. The molecule has 0 saturated carbocycles. The molecule has 0 bridgehead atoms. The van der Waals surface area contributed by atoms with Crippen molar-refractivity contribution < 1.29 is 0 Å². The molecule has 11 aromatic rings. The maximum absolute atomic E-state index is 5.33. The number of para-hydroxylation sites is 3. The maximum atomic E-state index is 5.33. The van der Waals surface area contributed by atoms with Gasteiger partial charge in [0.05, 0.1) is 11.0 Å². The zero-order valence-corrected chi connectivity index (χ0v) is 32.0. The molecule has 0 aliphatic carbocycles. The summed E-state index contributed by atoms with van der Waals surface area (Å²) in [7, 11) is 0. The van der Waals surface area contributed by atoms with Crippen molar-refractivity contribution >= 4 is 42.5 Å². The van der Waals surface area contributed by atoms with Crippen LogP contribution in [0.4, 0.5) is 0 Å². The second kappa shape index (κ2) is 14.2. The third-order valence-electron chi connectivity index (χ3n) is 10.7. The minimum absolute atomic E-state index is 0.618. The summed E-state index contributed by atoms with van der Waals surface area (Å²) in [6.07, 6.45) is 0. The van der Waals surface area contributed by atoms with Gasteiger partial charge in [-0.25, -0.2) is 19.9 Å². The van der Waals surface area contributed by atoms with E-state index >= 15 is 0 Å². The van der Waals surface area contributed by atoms with Crippen molar-refractivity contribution in [3.63, 3.8) is 0 Å². The summed E-state index contributed by atoms with van der Waals surface area (Å²) in [4.78, 5) is 21.0. The van der Waals surface area contributed by atoms with Crippen LogP contribution in [0.2, 0.25) is 0 Å². The molecule has 0 amide bonds. The zero-order valence-electron chi connectivity index (χ0n) is 31.2. The van der Waals surface area contributed by atoms with Crippen molar-refractivity contribution in [3.8, 4) is 73.5 Å². The van der Waals surface area contributed by atoms with Crippen molar-refractivity contribution in [2.45, 2.75) is 0 Å². The molecule has 58 heavy (non-hydrogen) atoms. The molecule has 5 nitrogen and oxygen atoms in total. The summed E-state index contributed by atoms with van der Waals surface area (Å²) < 4.78 is 4.59. The van der Waals surface area contributed by atoms with Gasteiger partial charge < -0.3 is 0 Å². The molecule has 3 aromatic heterocycles. The molecule has 0 aliphatic heterocycles. The van der Waals surface area contributed by atoms with Crippen LogP contribution in [0.25, 0.3) is 105 Å². The first-order chi connectivity index (χ1) is 28.7. The Morgan fingerprint density at radius 2 is 0.914 bits per heavy atom. The lowest BCUT2D eigenvalue weighted by molar-refractivity contribution is 1.08. The Bertz CT molecular complexity index is 3210. The standard InChI is InChI=1S/C52H33N5S/c1-5-17-34(18-6-1)37-31-38(35-19-7-2-8-20-35)33-39(32-37)50-54-49(36-21-9-3-10-22-36)55-51(56-50)42-26-16-30-46-47(42)41-25-15-27-43(48(41)58-46)52-53-44-28-13-14-29-45(44)57(52)40-23-11-4-12-24-40/h1-33H. The molecule has 0 atom stereocenters. The predicted octanol–water partition coefficient (Wildman–Crippen LogP) is 13.6. The highest BCUT2D eigenvalue weighted by atomic mass is 32.1. The Hall–Kier alpha value is -7.54. The van der Waals surface area contributed by atoms with Crippen LogP contribution in [-0.2, 0) is 0 Å². The van der Waals surface area contributed by atoms with Crippen LogP contribution < -0.4 is 0 Å². The van der Waals surface area contributed by atoms with E-state index in [0.717, 1.165) is 87.2 Å². The van der Waals surface area contributed by atoms with E-state index in [1.807, 2.05) is 36.4 Å². The largest absolute Gasteiger partial charge is 0.292 e. The van der Waals surface area contributed by atoms with E-state index in [0.29, 0.717) is 17.5 Å². The van der Waals surface area contributed by atoms with E-state index in [2.05, 4.69) is 168 Å². The van der Waals surface area contributed by atoms with Gasteiger partial charge in [-0.2, -0.15) is 0 Å². The topological polar surface area (TPSA) is 56.5 Å². The predicted molar refractivity (Wildman–Crippen MR) is 240 cm³/mol. The van der Waals surface area contributed by atoms with Gasteiger partial charge in [0.2, 0.25) is 0 Å². The van der Waals surface area contributed by atoms with Crippen molar-refractivity contribution in [3.05, 3.63) is 200 Å². The molecule has 0 radical (unpaired) electrons. The van der Waals surface area contributed by atoms with E-state index in [1.54, 1.807) is 11.3 Å². The van der Waals surface area contributed by atoms with Gasteiger partial charge in [-0.1, -0.05) is 146 Å². The van der Waals surface area contributed by atoms with E-state index < -0.39 is 0 Å². The quantitative estimate of drug-likeness (QED) is 0.162. The van der Waals surface area contributed by atoms with E-state index in [-0.39, 0.29) is 0 Å². The van der Waals surface area contributed by atoms with Gasteiger partial charge in [-0.05, 0) is 76.9 Å². The number of aromatic nitrogens is 5. The molecule has 11 rings (SSSR count). The number of fused-ring (bicyclic) bond motifs is 4. The van der Waals surface area contributed by atoms with Gasteiger partial charge in [0.1, 0.15) is 5.82 Å². The van der Waals surface area contributed by atoms with Crippen molar-refractivity contribution in [2.75, 3.05) is 0 Å². The fourth-order valence-electron chi connectivity index (χ4n) is 7.95. The Morgan fingerprint density at radius 1 is 0.379 bits per heavy atom. The van der Waals surface area contributed by atoms with Crippen molar-refractivity contribution in [1.82, 2.24) is 24.5 Å². The molecule has 0 saturated heterocycles. The number of hydrogen-bond acceptors (Lipinski definition) is 5. The van der Waals surface area contributed by atoms with Gasteiger partial charge in [0.25, 0.3) is 0 Å². The van der Waals surface area contributed by atoms with Crippen LogP contribution >= 0.6 is 11.3 Å². The van der Waals surface area contributed by atoms with Gasteiger partial charge in [-0.15, -0.1) is 11.3 Å². The molecule has 0 spiro atoms. The molecule has 8 aromatic carbocycles. The lowest BCUT2D eigenvalue weighted by Gasteiger charge is -2.13. The minimum Gasteiger partial charge on any atom is -0.292 e. The third kappa shape index (κ3) is 5.95. The minimum atomic E-state index is 0.618. The van der Waals surface area contributed by atoms with Crippen LogP contribution in [0.5, 0.6) is 0 Å². The number of hydrogen-bond donors (Lipinski definition) is 0. The molecule has 0 aliphatic rings. The van der Waals surface area contributed by atoms with Gasteiger partial charge in [0.15, 0.2) is 17.5 Å². The number of rotatable bonds is 7. The highest BCUT2D eigenvalue weighted by molar-refractivity contribution is 7.26. The Balaban J connectivity index is 1.14. The van der Waals surface area contributed by atoms with Crippen molar-refractivity contribution in [2.24, 2.45) is 0 Å². The average Bonchev–Trinajstić information content (AvgIpc) is 3.89. The Labute approximate surface area is 339 Å². The lowest BCUT2D eigenvalue weighted by atomic mass is 9.96. The molecule has 272 valence electrons. The fourth-order valence-corrected chi connectivity index (χ4v) is 9.19. The summed E-state index contributed by atoms with van der Waals surface area (Å²) in [6, 6.07) is 69.7. The number of nitrogens with zero attached hydrogens (tertiary/aromatic N) is 5. The molecule has 0 N–H and O–H groups in total. The molecule has 3 heterocycles. The van der Waals surface area contributed by atoms with E-state index in [1.165, 1.54) is 0 Å². The second-order valence-electron chi connectivity index (χ2n) is 14.3. The zero-order chi connectivity index (χ0) is 38.4. The van der Waals surface area contributed by atoms with E-state index in [4.69, 9.17) is 19.9 Å². The first-order valence-electron chi connectivity index (χ1n) is 19.3. The smallest absolute Gasteiger partial charge is 0.164 e. The maximum Gasteiger partial charge on any atom is 0.164 e. The van der Waals surface area contributed by atoms with Gasteiger partial charge in [0, 0.05) is 48.1 Å². The first kappa shape index (κ1) is 33.8. The van der Waals surface area contributed by atoms with Crippen LogP contribution in [0.1, 0.15) is 0 Å². The molecule has 0 unspecified atom stereocenters. The summed E-state index contributed by atoms with van der Waals surface area (Å²) in [5.74, 6) is 2.78. The van der Waals surface area contributed by atoms with Crippen molar-refractivity contribution in [1.29, 1.82) is 0 Å². The molecule has 6 heteroatoms. The van der Waals surface area contributed by atoms with Gasteiger partial charge in [-0.3, -0.25) is 4.57 Å². The third-order valence-corrected chi connectivity index (χ3v) is 11.9. The summed E-state index contributed by atoms with van der Waals surface area (Å²) in [5.41, 5.74) is 11.4. The Morgan fingerprint density at radius 3 is 1.60 bits per heavy atom. The van der Waals surface area contributed by atoms with Crippen LogP contribution in [-0.4, -0.2) is 24.5 Å². The summed E-state index contributed by atoms with van der Waals surface area (Å²) >= 11 is 1.78. The van der Waals surface area contributed by atoms with Gasteiger partial charge >= 0.3 is 0 Å². The number of imidazole rings is 1. The second-order valence-corrected chi connectivity index (χ2v) is 15.3. The highest BCUT2D eigenvalue weighted by Crippen LogP contribution is 2.44. The molecular formula is C52H33N5S. The molecular weight excluding hydrogens is 727 g/mol. The summed E-state index contributed by atoms with van der Waals surface area (Å²) in [5, 5.41) is 2.26. The molecule has 0 fully saturated rings. The first-order valence-corrected chi connectivity index (χ1v) is 20.1. The van der Waals surface area contributed by atoms with Crippen LogP contribution in [0, 0.1) is 0 Å². The Kier molecular flexibility index (Phi) is 8.26. The highest BCUT2D eigenvalue weighted by Gasteiger charge is 2.22. The monoisotopic (exact) mass is 759 g/mol. The normalized spacial score (nSPS) is 11.4.